The number of hydrogen-bond acceptors (Lipinski definition) is 3. The molecule has 0 amide bonds. The van der Waals surface area contributed by atoms with E-state index in [1.165, 1.54) is 0 Å². The van der Waals surface area contributed by atoms with Crippen LogP contribution in [0.25, 0.3) is 16.9 Å². The van der Waals surface area contributed by atoms with Gasteiger partial charge in [0, 0.05) is 25.4 Å². The summed E-state index contributed by atoms with van der Waals surface area (Å²) in [6.45, 7) is 1.33. The first-order valence-corrected chi connectivity index (χ1v) is 7.13. The zero-order valence-electron chi connectivity index (χ0n) is 11.7. The quantitative estimate of drug-likeness (QED) is 0.730. The van der Waals surface area contributed by atoms with E-state index in [0.717, 1.165) is 22.7 Å². The van der Waals surface area contributed by atoms with Gasteiger partial charge in [0.05, 0.1) is 11.6 Å². The Morgan fingerprint density at radius 3 is 2.76 bits per heavy atom. The molecular formula is C16H16ClN3O. The van der Waals surface area contributed by atoms with Crippen LogP contribution < -0.4 is 5.32 Å². The van der Waals surface area contributed by atoms with Gasteiger partial charge in [-0.05, 0) is 12.1 Å². The molecule has 1 N–H and O–H groups in total. The summed E-state index contributed by atoms with van der Waals surface area (Å²) in [6, 6.07) is 13.9. The molecule has 0 aliphatic heterocycles. The summed E-state index contributed by atoms with van der Waals surface area (Å²) in [7, 11) is 1.69. The Hall–Kier alpha value is -2.04. The van der Waals surface area contributed by atoms with Gasteiger partial charge >= 0.3 is 0 Å². The first-order valence-electron chi connectivity index (χ1n) is 6.75. The van der Waals surface area contributed by atoms with Crippen molar-refractivity contribution in [3.63, 3.8) is 0 Å². The Balaban J connectivity index is 2.11. The summed E-state index contributed by atoms with van der Waals surface area (Å²) in [5.41, 5.74) is 2.84. The van der Waals surface area contributed by atoms with Crippen molar-refractivity contribution in [2.24, 2.45) is 0 Å². The smallest absolute Gasteiger partial charge is 0.139 e. The van der Waals surface area contributed by atoms with Gasteiger partial charge < -0.3 is 10.1 Å². The second kappa shape index (κ2) is 6.16. The molecule has 108 valence electrons. The topological polar surface area (TPSA) is 38.6 Å². The Labute approximate surface area is 128 Å². The van der Waals surface area contributed by atoms with Crippen LogP contribution in [0.5, 0.6) is 0 Å². The highest BCUT2D eigenvalue weighted by atomic mass is 35.5. The fraction of sp³-hybridized carbons (Fsp3) is 0.188. The highest BCUT2D eigenvalue weighted by Crippen LogP contribution is 2.29. The largest absolute Gasteiger partial charge is 0.383 e. The van der Waals surface area contributed by atoms with Gasteiger partial charge in [0.1, 0.15) is 17.2 Å². The molecule has 2 heterocycles. The van der Waals surface area contributed by atoms with E-state index in [4.69, 9.17) is 21.3 Å². The fourth-order valence-corrected chi connectivity index (χ4v) is 2.42. The second-order valence-corrected chi connectivity index (χ2v) is 5.11. The van der Waals surface area contributed by atoms with Gasteiger partial charge in [0.2, 0.25) is 0 Å². The molecule has 0 aliphatic carbocycles. The molecule has 0 fully saturated rings. The normalized spacial score (nSPS) is 11.0. The molecule has 0 spiro atoms. The maximum Gasteiger partial charge on any atom is 0.139 e. The SMILES string of the molecule is COCCNc1c(-c2ccccc2)nc2ccc(Cl)cn12. The molecule has 3 rings (SSSR count). The molecule has 0 radical (unpaired) electrons. The molecule has 5 heteroatoms. The van der Waals surface area contributed by atoms with Crippen molar-refractivity contribution in [1.82, 2.24) is 9.38 Å². The van der Waals surface area contributed by atoms with Crippen LogP contribution in [0.2, 0.25) is 5.02 Å². The van der Waals surface area contributed by atoms with E-state index < -0.39 is 0 Å². The van der Waals surface area contributed by atoms with Crippen molar-refractivity contribution < 1.29 is 4.74 Å². The van der Waals surface area contributed by atoms with Crippen molar-refractivity contribution in [3.8, 4) is 11.3 Å². The number of rotatable bonds is 5. The van der Waals surface area contributed by atoms with Crippen LogP contribution in [0, 0.1) is 0 Å². The lowest BCUT2D eigenvalue weighted by Crippen LogP contribution is -2.10. The number of pyridine rings is 1. The number of nitrogens with one attached hydrogen (secondary N) is 1. The van der Waals surface area contributed by atoms with Crippen molar-refractivity contribution >= 4 is 23.1 Å². The van der Waals surface area contributed by atoms with E-state index >= 15 is 0 Å². The van der Waals surface area contributed by atoms with Gasteiger partial charge in [0.25, 0.3) is 0 Å². The molecule has 1 aromatic carbocycles. The number of nitrogens with zero attached hydrogens (tertiary/aromatic N) is 2. The lowest BCUT2D eigenvalue weighted by atomic mass is 10.1. The minimum absolute atomic E-state index is 0.627. The molecule has 4 nitrogen and oxygen atoms in total. The predicted octanol–water partition coefficient (Wildman–Crippen LogP) is 3.71. The van der Waals surface area contributed by atoms with Gasteiger partial charge in [-0.25, -0.2) is 4.98 Å². The summed E-state index contributed by atoms with van der Waals surface area (Å²) in [4.78, 5) is 4.70. The first kappa shape index (κ1) is 13.9. The van der Waals surface area contributed by atoms with Gasteiger partial charge in [-0.15, -0.1) is 0 Å². The van der Waals surface area contributed by atoms with Crippen LogP contribution in [0.3, 0.4) is 0 Å². The third-order valence-electron chi connectivity index (χ3n) is 3.23. The molecule has 0 atom stereocenters. The van der Waals surface area contributed by atoms with E-state index in [1.807, 2.05) is 53.1 Å². The number of aromatic nitrogens is 2. The summed E-state index contributed by atoms with van der Waals surface area (Å²) in [5, 5.41) is 4.05. The van der Waals surface area contributed by atoms with Gasteiger partial charge in [-0.1, -0.05) is 41.9 Å². The lowest BCUT2D eigenvalue weighted by molar-refractivity contribution is 0.210. The monoisotopic (exact) mass is 301 g/mol. The summed E-state index contributed by atoms with van der Waals surface area (Å²) >= 11 is 6.11. The number of methoxy groups -OCH3 is 1. The number of benzene rings is 1. The third-order valence-corrected chi connectivity index (χ3v) is 3.45. The summed E-state index contributed by atoms with van der Waals surface area (Å²) in [5.74, 6) is 0.927. The average Bonchev–Trinajstić information content (AvgIpc) is 2.87. The number of hydrogen-bond donors (Lipinski definition) is 1. The van der Waals surface area contributed by atoms with Crippen LogP contribution in [-0.4, -0.2) is 29.6 Å². The Bertz CT molecular complexity index is 740. The molecule has 0 saturated carbocycles. The average molecular weight is 302 g/mol. The highest BCUT2D eigenvalue weighted by Gasteiger charge is 2.13. The van der Waals surface area contributed by atoms with Crippen LogP contribution in [-0.2, 0) is 4.74 Å². The Kier molecular flexibility index (Phi) is 4.08. The second-order valence-electron chi connectivity index (χ2n) is 4.67. The number of halogens is 1. The van der Waals surface area contributed by atoms with E-state index in [9.17, 15) is 0 Å². The van der Waals surface area contributed by atoms with Gasteiger partial charge in [-0.3, -0.25) is 4.40 Å². The van der Waals surface area contributed by atoms with E-state index in [1.54, 1.807) is 7.11 Å². The molecular weight excluding hydrogens is 286 g/mol. The highest BCUT2D eigenvalue weighted by molar-refractivity contribution is 6.30. The predicted molar refractivity (Wildman–Crippen MR) is 86.0 cm³/mol. The fourth-order valence-electron chi connectivity index (χ4n) is 2.26. The maximum absolute atomic E-state index is 6.11. The third kappa shape index (κ3) is 2.86. The molecule has 21 heavy (non-hydrogen) atoms. The van der Waals surface area contributed by atoms with E-state index in [0.29, 0.717) is 18.2 Å². The molecule has 2 aromatic heterocycles. The van der Waals surface area contributed by atoms with Crippen molar-refractivity contribution in [3.05, 3.63) is 53.7 Å². The van der Waals surface area contributed by atoms with Gasteiger partial charge in [0.15, 0.2) is 0 Å². The van der Waals surface area contributed by atoms with E-state index in [-0.39, 0.29) is 0 Å². The Morgan fingerprint density at radius 2 is 2.00 bits per heavy atom. The molecule has 0 unspecified atom stereocenters. The minimum atomic E-state index is 0.627. The number of imidazole rings is 1. The molecule has 0 aliphatic rings. The Morgan fingerprint density at radius 1 is 1.19 bits per heavy atom. The van der Waals surface area contributed by atoms with Crippen molar-refractivity contribution in [2.45, 2.75) is 0 Å². The zero-order chi connectivity index (χ0) is 14.7. The number of fused-ring (bicyclic) bond motifs is 1. The van der Waals surface area contributed by atoms with Crippen LogP contribution in [0.15, 0.2) is 48.7 Å². The summed E-state index contributed by atoms with van der Waals surface area (Å²) in [6.07, 6.45) is 1.87. The zero-order valence-corrected chi connectivity index (χ0v) is 12.5. The number of ether oxygens (including phenoxy) is 1. The number of anilines is 1. The lowest BCUT2D eigenvalue weighted by Gasteiger charge is -2.08. The van der Waals surface area contributed by atoms with Crippen LogP contribution >= 0.6 is 11.6 Å². The molecule has 0 saturated heterocycles. The standard InChI is InChI=1S/C16H16ClN3O/c1-21-10-9-18-16-15(12-5-3-2-4-6-12)19-14-8-7-13(17)11-20(14)16/h2-8,11,18H,9-10H2,1H3. The molecule has 3 aromatic rings. The van der Waals surface area contributed by atoms with Crippen molar-refractivity contribution in [1.29, 1.82) is 0 Å². The summed E-state index contributed by atoms with van der Waals surface area (Å²) < 4.78 is 7.08. The van der Waals surface area contributed by atoms with Crippen LogP contribution in [0.1, 0.15) is 0 Å². The van der Waals surface area contributed by atoms with Gasteiger partial charge in [-0.2, -0.15) is 0 Å². The first-order chi connectivity index (χ1) is 10.3. The van der Waals surface area contributed by atoms with Crippen molar-refractivity contribution in [2.75, 3.05) is 25.6 Å². The van der Waals surface area contributed by atoms with E-state index in [2.05, 4.69) is 5.32 Å². The van der Waals surface area contributed by atoms with Crippen LogP contribution in [0.4, 0.5) is 5.82 Å². The molecule has 0 bridgehead atoms. The maximum atomic E-state index is 6.11. The minimum Gasteiger partial charge on any atom is -0.383 e.